The SMILES string of the molecule is Cc1cc(C(C)(C)C)c(O)c(C(C)(C)C)c1CCl. The van der Waals surface area contributed by atoms with E-state index in [-0.39, 0.29) is 10.8 Å². The molecule has 0 heterocycles. The smallest absolute Gasteiger partial charge is 0.123 e. The van der Waals surface area contributed by atoms with Gasteiger partial charge >= 0.3 is 0 Å². The summed E-state index contributed by atoms with van der Waals surface area (Å²) in [4.78, 5) is 0. The van der Waals surface area contributed by atoms with E-state index in [9.17, 15) is 5.11 Å². The highest BCUT2D eigenvalue weighted by Crippen LogP contribution is 2.42. The van der Waals surface area contributed by atoms with Gasteiger partial charge in [0.05, 0.1) is 0 Å². The number of hydrogen-bond donors (Lipinski definition) is 1. The zero-order valence-corrected chi connectivity index (χ0v) is 13.4. The number of aromatic hydroxyl groups is 1. The van der Waals surface area contributed by atoms with Crippen molar-refractivity contribution in [1.29, 1.82) is 0 Å². The van der Waals surface area contributed by atoms with Crippen molar-refractivity contribution in [3.05, 3.63) is 28.3 Å². The lowest BCUT2D eigenvalue weighted by Crippen LogP contribution is -2.20. The molecule has 0 amide bonds. The topological polar surface area (TPSA) is 20.2 Å². The monoisotopic (exact) mass is 268 g/mol. The van der Waals surface area contributed by atoms with Crippen molar-refractivity contribution in [2.75, 3.05) is 0 Å². The van der Waals surface area contributed by atoms with Crippen LogP contribution in [0.2, 0.25) is 0 Å². The minimum absolute atomic E-state index is 0.0698. The minimum Gasteiger partial charge on any atom is -0.507 e. The summed E-state index contributed by atoms with van der Waals surface area (Å²) >= 11 is 6.07. The lowest BCUT2D eigenvalue weighted by Gasteiger charge is -2.30. The number of alkyl halides is 1. The molecular formula is C16H25ClO. The fourth-order valence-corrected chi connectivity index (χ4v) is 2.74. The maximum absolute atomic E-state index is 10.6. The first-order valence-corrected chi connectivity index (χ1v) is 6.96. The molecule has 0 aliphatic rings. The van der Waals surface area contributed by atoms with Gasteiger partial charge < -0.3 is 5.11 Å². The molecule has 0 fully saturated rings. The van der Waals surface area contributed by atoms with Gasteiger partial charge in [-0.05, 0) is 34.4 Å². The fraction of sp³-hybridized carbons (Fsp3) is 0.625. The highest BCUT2D eigenvalue weighted by molar-refractivity contribution is 6.17. The van der Waals surface area contributed by atoms with Gasteiger partial charge in [0.2, 0.25) is 0 Å². The van der Waals surface area contributed by atoms with Crippen molar-refractivity contribution in [2.24, 2.45) is 0 Å². The lowest BCUT2D eigenvalue weighted by molar-refractivity contribution is 0.421. The van der Waals surface area contributed by atoms with Crippen LogP contribution < -0.4 is 0 Å². The Kier molecular flexibility index (Phi) is 4.07. The van der Waals surface area contributed by atoms with Crippen molar-refractivity contribution < 1.29 is 5.11 Å². The first-order valence-electron chi connectivity index (χ1n) is 6.42. The van der Waals surface area contributed by atoms with E-state index >= 15 is 0 Å². The van der Waals surface area contributed by atoms with Crippen LogP contribution in [0.3, 0.4) is 0 Å². The molecule has 1 aromatic rings. The predicted molar refractivity (Wildman–Crippen MR) is 79.8 cm³/mol. The molecule has 102 valence electrons. The molecule has 0 spiro atoms. The van der Waals surface area contributed by atoms with Crippen molar-refractivity contribution in [1.82, 2.24) is 0 Å². The van der Waals surface area contributed by atoms with E-state index in [0.717, 1.165) is 22.3 Å². The molecule has 0 saturated heterocycles. The molecule has 0 aliphatic heterocycles. The van der Waals surface area contributed by atoms with E-state index in [1.165, 1.54) is 0 Å². The van der Waals surface area contributed by atoms with E-state index in [4.69, 9.17) is 11.6 Å². The second kappa shape index (κ2) is 4.77. The van der Waals surface area contributed by atoms with Gasteiger partial charge in [-0.1, -0.05) is 47.6 Å². The van der Waals surface area contributed by atoms with Gasteiger partial charge in [0.1, 0.15) is 5.75 Å². The van der Waals surface area contributed by atoms with Gasteiger partial charge in [-0.15, -0.1) is 11.6 Å². The molecule has 1 N–H and O–H groups in total. The third kappa shape index (κ3) is 2.83. The van der Waals surface area contributed by atoms with Crippen LogP contribution in [-0.2, 0) is 16.7 Å². The minimum atomic E-state index is -0.111. The summed E-state index contributed by atoms with van der Waals surface area (Å²) in [6.45, 7) is 14.8. The van der Waals surface area contributed by atoms with Crippen molar-refractivity contribution in [2.45, 2.75) is 65.2 Å². The third-order valence-corrected chi connectivity index (χ3v) is 3.59. The molecule has 0 unspecified atom stereocenters. The Balaban J connectivity index is 3.71. The molecule has 0 radical (unpaired) electrons. The summed E-state index contributed by atoms with van der Waals surface area (Å²) in [6.07, 6.45) is 0. The number of aryl methyl sites for hydroxylation is 1. The number of phenolic OH excluding ortho intramolecular Hbond substituents is 1. The largest absolute Gasteiger partial charge is 0.507 e. The van der Waals surface area contributed by atoms with Gasteiger partial charge in [0, 0.05) is 11.4 Å². The van der Waals surface area contributed by atoms with Gasteiger partial charge in [0.25, 0.3) is 0 Å². The third-order valence-electron chi connectivity index (χ3n) is 3.32. The van der Waals surface area contributed by atoms with E-state index < -0.39 is 0 Å². The summed E-state index contributed by atoms with van der Waals surface area (Å²) in [6, 6.07) is 2.07. The van der Waals surface area contributed by atoms with Crippen LogP contribution in [0.25, 0.3) is 0 Å². The summed E-state index contributed by atoms with van der Waals surface area (Å²) in [5, 5.41) is 10.6. The van der Waals surface area contributed by atoms with Crippen molar-refractivity contribution in [3.63, 3.8) is 0 Å². The maximum atomic E-state index is 10.6. The molecule has 18 heavy (non-hydrogen) atoms. The Morgan fingerprint density at radius 3 is 1.89 bits per heavy atom. The van der Waals surface area contributed by atoms with Gasteiger partial charge in [-0.25, -0.2) is 0 Å². The van der Waals surface area contributed by atoms with Crippen LogP contribution >= 0.6 is 11.6 Å². The maximum Gasteiger partial charge on any atom is 0.123 e. The average molecular weight is 269 g/mol. The lowest BCUT2D eigenvalue weighted by atomic mass is 9.76. The zero-order valence-electron chi connectivity index (χ0n) is 12.6. The van der Waals surface area contributed by atoms with Crippen molar-refractivity contribution >= 4 is 11.6 Å². The predicted octanol–water partition coefficient (Wildman–Crippen LogP) is 5.03. The molecule has 1 aromatic carbocycles. The second-order valence-electron chi connectivity index (χ2n) is 7.08. The van der Waals surface area contributed by atoms with Gasteiger partial charge in [-0.3, -0.25) is 0 Å². The van der Waals surface area contributed by atoms with E-state index in [1.54, 1.807) is 0 Å². The van der Waals surface area contributed by atoms with E-state index in [0.29, 0.717) is 11.6 Å². The summed E-state index contributed by atoms with van der Waals surface area (Å²) in [7, 11) is 0. The fourth-order valence-electron chi connectivity index (χ4n) is 2.40. The normalized spacial score (nSPS) is 12.9. The Morgan fingerprint density at radius 1 is 1.06 bits per heavy atom. The highest BCUT2D eigenvalue weighted by Gasteiger charge is 2.29. The van der Waals surface area contributed by atoms with E-state index in [1.807, 2.05) is 0 Å². The van der Waals surface area contributed by atoms with E-state index in [2.05, 4.69) is 54.5 Å². The summed E-state index contributed by atoms with van der Waals surface area (Å²) in [5.74, 6) is 0.854. The summed E-state index contributed by atoms with van der Waals surface area (Å²) < 4.78 is 0. The Bertz CT molecular complexity index is 448. The molecule has 0 aliphatic carbocycles. The molecule has 0 saturated carbocycles. The van der Waals surface area contributed by atoms with Crippen LogP contribution in [0, 0.1) is 6.92 Å². The Labute approximate surface area is 116 Å². The molecule has 0 atom stereocenters. The molecule has 0 aromatic heterocycles. The average Bonchev–Trinajstić information content (AvgIpc) is 2.16. The Morgan fingerprint density at radius 2 is 1.56 bits per heavy atom. The number of benzene rings is 1. The second-order valence-corrected chi connectivity index (χ2v) is 7.34. The summed E-state index contributed by atoms with van der Waals surface area (Å²) in [5.41, 5.74) is 4.04. The first-order chi connectivity index (χ1) is 8.00. The number of halogens is 1. The standard InChI is InChI=1S/C16H25ClO/c1-10-8-12(15(2,3)4)14(18)13(11(10)9-17)16(5,6)7/h8,18H,9H2,1-7H3. The number of hydrogen-bond acceptors (Lipinski definition) is 1. The molecule has 2 heteroatoms. The van der Waals surface area contributed by atoms with Gasteiger partial charge in [-0.2, -0.15) is 0 Å². The number of rotatable bonds is 1. The first kappa shape index (κ1) is 15.4. The van der Waals surface area contributed by atoms with Crippen LogP contribution in [0.4, 0.5) is 0 Å². The quantitative estimate of drug-likeness (QED) is 0.708. The Hall–Kier alpha value is -0.690. The molecule has 0 bridgehead atoms. The van der Waals surface area contributed by atoms with Crippen molar-refractivity contribution in [3.8, 4) is 5.75 Å². The van der Waals surface area contributed by atoms with Crippen LogP contribution in [0.5, 0.6) is 5.75 Å². The van der Waals surface area contributed by atoms with Crippen LogP contribution in [0.1, 0.15) is 63.8 Å². The van der Waals surface area contributed by atoms with Gasteiger partial charge in [0.15, 0.2) is 0 Å². The molecular weight excluding hydrogens is 244 g/mol. The molecule has 1 nitrogen and oxygen atoms in total. The van der Waals surface area contributed by atoms with Crippen LogP contribution in [0.15, 0.2) is 6.07 Å². The number of phenols is 1. The highest BCUT2D eigenvalue weighted by atomic mass is 35.5. The van der Waals surface area contributed by atoms with Crippen LogP contribution in [-0.4, -0.2) is 5.11 Å². The molecule has 1 rings (SSSR count). The zero-order chi connectivity index (χ0) is 14.3.